The van der Waals surface area contributed by atoms with Crippen molar-refractivity contribution in [2.24, 2.45) is 5.92 Å². The number of carbonyl (C=O) groups is 1. The predicted octanol–water partition coefficient (Wildman–Crippen LogP) is 4.46. The predicted molar refractivity (Wildman–Crippen MR) is 113 cm³/mol. The summed E-state index contributed by atoms with van der Waals surface area (Å²) in [6, 6.07) is 11.4. The van der Waals surface area contributed by atoms with E-state index in [2.05, 4.69) is 5.32 Å². The van der Waals surface area contributed by atoms with Gasteiger partial charge in [0.1, 0.15) is 11.5 Å². The fourth-order valence-corrected chi connectivity index (χ4v) is 3.48. The van der Waals surface area contributed by atoms with E-state index in [-0.39, 0.29) is 29.2 Å². The first-order valence-corrected chi connectivity index (χ1v) is 10.1. The van der Waals surface area contributed by atoms with Crippen molar-refractivity contribution in [3.63, 3.8) is 0 Å². The molecule has 0 saturated heterocycles. The first kappa shape index (κ1) is 21.7. The highest BCUT2D eigenvalue weighted by atomic mass is 19.4. The molecule has 9 heteroatoms. The van der Waals surface area contributed by atoms with E-state index in [0.29, 0.717) is 24.0 Å². The summed E-state index contributed by atoms with van der Waals surface area (Å²) in [5, 5.41) is 2.58. The molecule has 1 amide bonds. The summed E-state index contributed by atoms with van der Waals surface area (Å²) in [4.78, 5) is 24.7. The number of carbonyl (C=O) groups excluding carboxylic acids is 1. The molecule has 0 aliphatic heterocycles. The molecule has 1 saturated carbocycles. The molecule has 4 rings (SSSR count). The molecule has 6 nitrogen and oxygen atoms in total. The molecule has 0 spiro atoms. The van der Waals surface area contributed by atoms with E-state index in [0.717, 1.165) is 12.8 Å². The maximum absolute atomic E-state index is 13.5. The fraction of sp³-hybridized carbons (Fsp3) is 0.304. The Kier molecular flexibility index (Phi) is 5.82. The summed E-state index contributed by atoms with van der Waals surface area (Å²) in [6.07, 6.45) is -2.78. The van der Waals surface area contributed by atoms with Crippen molar-refractivity contribution in [2.75, 3.05) is 19.0 Å². The number of hydrogen-bond acceptors (Lipinski definition) is 4. The van der Waals surface area contributed by atoms with Crippen LogP contribution in [-0.2, 0) is 17.5 Å². The molecule has 1 fully saturated rings. The average molecular weight is 446 g/mol. The Morgan fingerprint density at radius 3 is 2.59 bits per heavy atom. The third-order valence-electron chi connectivity index (χ3n) is 5.25. The van der Waals surface area contributed by atoms with E-state index < -0.39 is 23.2 Å². The van der Waals surface area contributed by atoms with E-state index in [1.54, 1.807) is 24.3 Å². The van der Waals surface area contributed by atoms with Crippen molar-refractivity contribution in [1.82, 2.24) is 4.57 Å². The van der Waals surface area contributed by atoms with Gasteiger partial charge in [0.2, 0.25) is 0 Å². The van der Waals surface area contributed by atoms with Crippen LogP contribution in [0, 0.1) is 5.92 Å². The first-order valence-electron chi connectivity index (χ1n) is 10.1. The van der Waals surface area contributed by atoms with Crippen molar-refractivity contribution in [1.29, 1.82) is 0 Å². The van der Waals surface area contributed by atoms with Crippen LogP contribution in [0.3, 0.4) is 0 Å². The van der Waals surface area contributed by atoms with Crippen LogP contribution in [0.2, 0.25) is 0 Å². The zero-order valence-corrected chi connectivity index (χ0v) is 17.2. The quantitative estimate of drug-likeness (QED) is 0.582. The molecule has 0 atom stereocenters. The highest BCUT2D eigenvalue weighted by Crippen LogP contribution is 2.36. The van der Waals surface area contributed by atoms with E-state index in [1.165, 1.54) is 29.9 Å². The number of hydrogen-bond donors (Lipinski definition) is 1. The number of anilines is 1. The molecule has 2 aromatic carbocycles. The lowest BCUT2D eigenvalue weighted by molar-refractivity contribution is -0.136. The Balaban J connectivity index is 1.57. The number of nitrogens with one attached hydrogen (secondary N) is 1. The number of nitrogens with zero attached hydrogens (tertiary/aromatic N) is 1. The summed E-state index contributed by atoms with van der Waals surface area (Å²) in [7, 11) is 1.51. The van der Waals surface area contributed by atoms with Crippen LogP contribution in [0.1, 0.15) is 18.4 Å². The van der Waals surface area contributed by atoms with Gasteiger partial charge in [0.15, 0.2) is 6.61 Å². The standard InChI is InChI=1S/C23H21F3N2O4/c1-31-16-4-2-3-15(9-16)27-21(29)13-32-17-7-8-18-19(23(24,25)26)11-22(30)28(20(18)10-17)12-14-5-6-14/h2-4,7-11,14H,5-6,12-13H2,1H3,(H,27,29). The Hall–Kier alpha value is -3.49. The minimum atomic E-state index is -4.66. The first-order chi connectivity index (χ1) is 15.2. The third-order valence-corrected chi connectivity index (χ3v) is 5.25. The Morgan fingerprint density at radius 1 is 1.12 bits per heavy atom. The summed E-state index contributed by atoms with van der Waals surface area (Å²) in [6.45, 7) is 0.00177. The second-order valence-electron chi connectivity index (χ2n) is 7.70. The normalized spacial score (nSPS) is 13.8. The van der Waals surface area contributed by atoms with Gasteiger partial charge in [-0.05, 0) is 43.0 Å². The van der Waals surface area contributed by atoms with Crippen molar-refractivity contribution < 1.29 is 27.4 Å². The van der Waals surface area contributed by atoms with Gasteiger partial charge in [0.25, 0.3) is 11.5 Å². The van der Waals surface area contributed by atoms with Crippen LogP contribution in [0.5, 0.6) is 11.5 Å². The molecule has 0 unspecified atom stereocenters. The summed E-state index contributed by atoms with van der Waals surface area (Å²) >= 11 is 0. The zero-order chi connectivity index (χ0) is 22.9. The topological polar surface area (TPSA) is 69.6 Å². The molecule has 1 aliphatic carbocycles. The summed E-state index contributed by atoms with van der Waals surface area (Å²) in [5.74, 6) is 0.609. The van der Waals surface area contributed by atoms with E-state index in [9.17, 15) is 22.8 Å². The van der Waals surface area contributed by atoms with Crippen molar-refractivity contribution in [2.45, 2.75) is 25.6 Å². The number of amides is 1. The average Bonchev–Trinajstić information content (AvgIpc) is 3.57. The van der Waals surface area contributed by atoms with E-state index >= 15 is 0 Å². The van der Waals surface area contributed by atoms with Gasteiger partial charge >= 0.3 is 6.18 Å². The highest BCUT2D eigenvalue weighted by molar-refractivity contribution is 5.92. The number of benzene rings is 2. The molecule has 1 aliphatic rings. The van der Waals surface area contributed by atoms with Crippen LogP contribution in [-0.4, -0.2) is 24.2 Å². The number of alkyl halides is 3. The van der Waals surface area contributed by atoms with Crippen LogP contribution >= 0.6 is 0 Å². The van der Waals surface area contributed by atoms with Crippen molar-refractivity contribution >= 4 is 22.5 Å². The molecule has 3 aromatic rings. The fourth-order valence-electron chi connectivity index (χ4n) is 3.48. The number of aromatic nitrogens is 1. The lowest BCUT2D eigenvalue weighted by atomic mass is 10.1. The molecule has 1 N–H and O–H groups in total. The SMILES string of the molecule is COc1cccc(NC(=O)COc2ccc3c(C(F)(F)F)cc(=O)n(CC4CC4)c3c2)c1. The van der Waals surface area contributed by atoms with Crippen molar-refractivity contribution in [3.05, 3.63) is 64.4 Å². The third kappa shape index (κ3) is 4.87. The smallest absolute Gasteiger partial charge is 0.417 e. The molecule has 168 valence electrons. The van der Waals surface area contributed by atoms with Gasteiger partial charge in [-0.2, -0.15) is 13.2 Å². The van der Waals surface area contributed by atoms with E-state index in [4.69, 9.17) is 9.47 Å². The van der Waals surface area contributed by atoms with Gasteiger partial charge in [0.05, 0.1) is 18.2 Å². The van der Waals surface area contributed by atoms with Gasteiger partial charge in [-0.1, -0.05) is 6.07 Å². The van der Waals surface area contributed by atoms with Crippen LogP contribution in [0.4, 0.5) is 18.9 Å². The monoisotopic (exact) mass is 446 g/mol. The Morgan fingerprint density at radius 2 is 1.91 bits per heavy atom. The minimum Gasteiger partial charge on any atom is -0.497 e. The Bertz CT molecular complexity index is 1220. The molecule has 0 radical (unpaired) electrons. The number of pyridine rings is 1. The number of methoxy groups -OCH3 is 1. The van der Waals surface area contributed by atoms with Gasteiger partial charge < -0.3 is 19.4 Å². The van der Waals surface area contributed by atoms with Gasteiger partial charge in [-0.15, -0.1) is 0 Å². The van der Waals surface area contributed by atoms with E-state index in [1.807, 2.05) is 0 Å². The second-order valence-corrected chi connectivity index (χ2v) is 7.70. The number of rotatable bonds is 7. The van der Waals surface area contributed by atoms with Crippen LogP contribution in [0.25, 0.3) is 10.9 Å². The number of ether oxygens (including phenoxy) is 2. The lowest BCUT2D eigenvalue weighted by Gasteiger charge is -2.16. The maximum Gasteiger partial charge on any atom is 0.417 e. The minimum absolute atomic E-state index is 0.0778. The second kappa shape index (κ2) is 8.57. The molecule has 1 heterocycles. The number of halogens is 3. The van der Waals surface area contributed by atoms with Gasteiger partial charge in [-0.3, -0.25) is 9.59 Å². The highest BCUT2D eigenvalue weighted by Gasteiger charge is 2.34. The van der Waals surface area contributed by atoms with Gasteiger partial charge in [-0.25, -0.2) is 0 Å². The molecule has 32 heavy (non-hydrogen) atoms. The number of fused-ring (bicyclic) bond motifs is 1. The van der Waals surface area contributed by atoms with Crippen molar-refractivity contribution in [3.8, 4) is 11.5 Å². The zero-order valence-electron chi connectivity index (χ0n) is 17.2. The molecule has 1 aromatic heterocycles. The maximum atomic E-state index is 13.5. The summed E-state index contributed by atoms with van der Waals surface area (Å²) < 4.78 is 52.4. The largest absolute Gasteiger partial charge is 0.497 e. The summed E-state index contributed by atoms with van der Waals surface area (Å²) in [5.41, 5.74) is -1.02. The molecular weight excluding hydrogens is 425 g/mol. The van der Waals surface area contributed by atoms with Crippen LogP contribution < -0.4 is 20.3 Å². The van der Waals surface area contributed by atoms with Gasteiger partial charge in [0, 0.05) is 35.8 Å². The Labute approximate surface area is 181 Å². The van der Waals surface area contributed by atoms with Crippen LogP contribution in [0.15, 0.2) is 53.3 Å². The molecular formula is C23H21F3N2O4. The molecule has 0 bridgehead atoms. The lowest BCUT2D eigenvalue weighted by Crippen LogP contribution is -2.24.